The fourth-order valence-corrected chi connectivity index (χ4v) is 2.47. The summed E-state index contributed by atoms with van der Waals surface area (Å²) in [7, 11) is 0. The zero-order valence-electron chi connectivity index (χ0n) is 13.6. The summed E-state index contributed by atoms with van der Waals surface area (Å²) in [5.74, 6) is -0.434. The minimum Gasteiger partial charge on any atom is -0.462 e. The molecule has 1 atom stereocenters. The van der Waals surface area contributed by atoms with E-state index in [0.29, 0.717) is 23.4 Å². The van der Waals surface area contributed by atoms with Gasteiger partial charge in [-0.3, -0.25) is 0 Å². The van der Waals surface area contributed by atoms with Crippen molar-refractivity contribution in [2.24, 2.45) is 5.92 Å². The molecule has 1 aliphatic rings. The van der Waals surface area contributed by atoms with Crippen molar-refractivity contribution in [2.45, 2.75) is 20.1 Å². The number of rotatable bonds is 5. The summed E-state index contributed by atoms with van der Waals surface area (Å²) in [6.07, 6.45) is -0.560. The number of hydrogen-bond acceptors (Lipinski definition) is 5. The third-order valence-corrected chi connectivity index (χ3v) is 3.63. The molecular formula is C19H19NO4. The molecule has 1 aliphatic heterocycles. The summed E-state index contributed by atoms with van der Waals surface area (Å²) in [5.41, 5.74) is 2.49. The largest absolute Gasteiger partial charge is 0.462 e. The van der Waals surface area contributed by atoms with Gasteiger partial charge >= 0.3 is 11.9 Å². The summed E-state index contributed by atoms with van der Waals surface area (Å²) in [4.78, 5) is 23.9. The molecule has 0 aromatic heterocycles. The average molecular weight is 325 g/mol. The highest BCUT2D eigenvalue weighted by Gasteiger charge is 2.30. The number of esters is 2. The summed E-state index contributed by atoms with van der Waals surface area (Å²) in [6, 6.07) is 14.2. The minimum atomic E-state index is -0.560. The smallest absolute Gasteiger partial charge is 0.340 e. The Hall–Kier alpha value is -2.82. The van der Waals surface area contributed by atoms with Crippen LogP contribution < -0.4 is 5.32 Å². The van der Waals surface area contributed by atoms with Gasteiger partial charge in [0.05, 0.1) is 17.7 Å². The zero-order chi connectivity index (χ0) is 17.1. The van der Waals surface area contributed by atoms with Crippen LogP contribution in [0, 0.1) is 5.92 Å². The molecular weight excluding hydrogens is 306 g/mol. The van der Waals surface area contributed by atoms with Crippen LogP contribution in [0.15, 0.2) is 48.5 Å². The maximum Gasteiger partial charge on any atom is 0.340 e. The minimum absolute atomic E-state index is 0.282. The van der Waals surface area contributed by atoms with Crippen molar-refractivity contribution in [3.8, 4) is 0 Å². The van der Waals surface area contributed by atoms with Gasteiger partial charge in [-0.05, 0) is 30.2 Å². The van der Waals surface area contributed by atoms with Crippen LogP contribution in [0.2, 0.25) is 0 Å². The second-order valence-corrected chi connectivity index (χ2v) is 6.09. The molecule has 5 heteroatoms. The summed E-state index contributed by atoms with van der Waals surface area (Å²) in [6.45, 7) is 4.35. The van der Waals surface area contributed by atoms with Crippen LogP contribution in [-0.4, -0.2) is 18.5 Å². The lowest BCUT2D eigenvalue weighted by Gasteiger charge is -2.15. The molecule has 24 heavy (non-hydrogen) atoms. The number of carbonyl (C=O) groups is 2. The normalized spacial score (nSPS) is 15.8. The van der Waals surface area contributed by atoms with Gasteiger partial charge in [0.1, 0.15) is 0 Å². The van der Waals surface area contributed by atoms with Crippen molar-refractivity contribution < 1.29 is 19.1 Å². The van der Waals surface area contributed by atoms with Crippen molar-refractivity contribution in [1.29, 1.82) is 0 Å². The first kappa shape index (κ1) is 16.1. The number of benzene rings is 2. The molecule has 124 valence electrons. The van der Waals surface area contributed by atoms with Gasteiger partial charge in [0, 0.05) is 11.3 Å². The molecule has 3 rings (SSSR count). The lowest BCUT2D eigenvalue weighted by atomic mass is 10.1. The lowest BCUT2D eigenvalue weighted by molar-refractivity contribution is 0.0431. The van der Waals surface area contributed by atoms with Crippen LogP contribution in [0.4, 0.5) is 5.69 Å². The Balaban J connectivity index is 1.74. The number of anilines is 1. The van der Waals surface area contributed by atoms with E-state index in [1.54, 1.807) is 30.3 Å². The highest BCUT2D eigenvalue weighted by molar-refractivity contribution is 5.94. The van der Waals surface area contributed by atoms with Gasteiger partial charge in [0.25, 0.3) is 0 Å². The molecule has 5 nitrogen and oxygen atoms in total. The fraction of sp³-hybridized carbons (Fsp3) is 0.263. The van der Waals surface area contributed by atoms with E-state index in [9.17, 15) is 9.59 Å². The van der Waals surface area contributed by atoms with Crippen LogP contribution in [0.3, 0.4) is 0 Å². The highest BCUT2D eigenvalue weighted by atomic mass is 16.6. The summed E-state index contributed by atoms with van der Waals surface area (Å²) < 4.78 is 10.6. The Morgan fingerprint density at radius 3 is 2.79 bits per heavy atom. The van der Waals surface area contributed by atoms with Gasteiger partial charge in [-0.1, -0.05) is 38.1 Å². The molecule has 2 aromatic rings. The van der Waals surface area contributed by atoms with Crippen molar-refractivity contribution in [1.82, 2.24) is 0 Å². The number of ether oxygens (including phenoxy) is 2. The second kappa shape index (κ2) is 6.74. The number of nitrogens with one attached hydrogen (secondary N) is 1. The van der Waals surface area contributed by atoms with Gasteiger partial charge < -0.3 is 14.8 Å². The molecule has 1 heterocycles. The standard InChI is InChI=1S/C19H19NO4/c1-12(2)11-23-18(21)13-6-5-7-14(10-13)20-17-15-8-3-4-9-16(15)19(22)24-17/h3-10,12,17,20H,11H2,1-2H3. The first-order valence-electron chi connectivity index (χ1n) is 7.88. The van der Waals surface area contributed by atoms with E-state index in [0.717, 1.165) is 5.56 Å². The number of hydrogen-bond donors (Lipinski definition) is 1. The molecule has 1 unspecified atom stereocenters. The monoisotopic (exact) mass is 325 g/mol. The molecule has 0 bridgehead atoms. The fourth-order valence-electron chi connectivity index (χ4n) is 2.47. The topological polar surface area (TPSA) is 64.6 Å². The third kappa shape index (κ3) is 3.40. The van der Waals surface area contributed by atoms with Gasteiger partial charge in [-0.15, -0.1) is 0 Å². The lowest BCUT2D eigenvalue weighted by Crippen LogP contribution is -2.12. The van der Waals surface area contributed by atoms with Crippen LogP contribution in [-0.2, 0) is 9.47 Å². The summed E-state index contributed by atoms with van der Waals surface area (Å²) >= 11 is 0. The first-order valence-corrected chi connectivity index (χ1v) is 7.88. The maximum atomic E-state index is 12.1. The molecule has 2 aromatic carbocycles. The predicted octanol–water partition coefficient (Wildman–Crippen LogP) is 3.78. The van der Waals surface area contributed by atoms with Crippen molar-refractivity contribution in [3.05, 3.63) is 65.2 Å². The van der Waals surface area contributed by atoms with E-state index in [4.69, 9.17) is 9.47 Å². The van der Waals surface area contributed by atoms with Crippen molar-refractivity contribution in [2.75, 3.05) is 11.9 Å². The van der Waals surface area contributed by atoms with Crippen LogP contribution in [0.5, 0.6) is 0 Å². The van der Waals surface area contributed by atoms with E-state index < -0.39 is 6.23 Å². The third-order valence-electron chi connectivity index (χ3n) is 3.63. The van der Waals surface area contributed by atoms with E-state index >= 15 is 0 Å². The number of carbonyl (C=O) groups excluding carboxylic acids is 2. The van der Waals surface area contributed by atoms with E-state index in [1.165, 1.54) is 0 Å². The Labute approximate surface area is 140 Å². The zero-order valence-corrected chi connectivity index (χ0v) is 13.6. The van der Waals surface area contributed by atoms with E-state index in [1.807, 2.05) is 32.0 Å². The summed E-state index contributed by atoms with van der Waals surface area (Å²) in [5, 5.41) is 3.14. The van der Waals surface area contributed by atoms with Crippen molar-refractivity contribution in [3.63, 3.8) is 0 Å². The average Bonchev–Trinajstić information content (AvgIpc) is 2.89. The van der Waals surface area contributed by atoms with Crippen LogP contribution in [0.1, 0.15) is 46.4 Å². The highest BCUT2D eigenvalue weighted by Crippen LogP contribution is 2.31. The molecule has 0 amide bonds. The Bertz CT molecular complexity index is 769. The molecule has 0 radical (unpaired) electrons. The predicted molar refractivity (Wildman–Crippen MR) is 89.8 cm³/mol. The molecule has 1 N–H and O–H groups in total. The molecule has 0 aliphatic carbocycles. The van der Waals surface area contributed by atoms with E-state index in [2.05, 4.69) is 5.32 Å². The molecule has 0 saturated carbocycles. The molecule has 0 spiro atoms. The Kier molecular flexibility index (Phi) is 4.51. The van der Waals surface area contributed by atoms with Gasteiger partial charge in [0.2, 0.25) is 6.23 Å². The maximum absolute atomic E-state index is 12.1. The second-order valence-electron chi connectivity index (χ2n) is 6.09. The Morgan fingerprint density at radius 2 is 2.00 bits per heavy atom. The SMILES string of the molecule is CC(C)COC(=O)c1cccc(NC2OC(=O)c3ccccc32)c1. The van der Waals surface area contributed by atoms with Crippen LogP contribution in [0.25, 0.3) is 0 Å². The van der Waals surface area contributed by atoms with Gasteiger partial charge in [-0.2, -0.15) is 0 Å². The number of fused-ring (bicyclic) bond motifs is 1. The molecule has 0 saturated heterocycles. The van der Waals surface area contributed by atoms with Gasteiger partial charge in [0.15, 0.2) is 0 Å². The molecule has 0 fully saturated rings. The quantitative estimate of drug-likeness (QED) is 0.848. The van der Waals surface area contributed by atoms with Crippen molar-refractivity contribution >= 4 is 17.6 Å². The van der Waals surface area contributed by atoms with Crippen LogP contribution >= 0.6 is 0 Å². The Morgan fingerprint density at radius 1 is 1.21 bits per heavy atom. The van der Waals surface area contributed by atoms with E-state index in [-0.39, 0.29) is 17.9 Å². The first-order chi connectivity index (χ1) is 11.5. The van der Waals surface area contributed by atoms with Gasteiger partial charge in [-0.25, -0.2) is 9.59 Å². The number of cyclic esters (lactones) is 1.